The van der Waals surface area contributed by atoms with E-state index in [0.717, 1.165) is 32.8 Å². The fourth-order valence-corrected chi connectivity index (χ4v) is 3.83. The Bertz CT molecular complexity index is 1140. The lowest BCUT2D eigenvalue weighted by atomic mass is 10.0. The first-order chi connectivity index (χ1) is 16.2. The molecular weight excluding hydrogens is 414 g/mol. The standard InChI is InChI=1S/C28H29NO4/c30-24(20-32-16-8-15-27(31)33-19-21-9-2-1-3-10-21)18-29-28-25-13-6-4-11-22(25)17-23-12-5-7-14-26(23)28/h1-7,9-14,17,24,29-30H,8,15-16,18-20H2. The van der Waals surface area contributed by atoms with E-state index in [2.05, 4.69) is 35.6 Å². The number of carbonyl (C=O) groups is 1. The van der Waals surface area contributed by atoms with E-state index in [1.165, 1.54) is 0 Å². The summed E-state index contributed by atoms with van der Waals surface area (Å²) < 4.78 is 10.8. The molecular formula is C28H29NO4. The van der Waals surface area contributed by atoms with E-state index in [4.69, 9.17) is 9.47 Å². The van der Waals surface area contributed by atoms with Gasteiger partial charge >= 0.3 is 5.97 Å². The molecule has 0 aliphatic heterocycles. The van der Waals surface area contributed by atoms with Gasteiger partial charge in [0, 0.05) is 36.0 Å². The third-order valence-electron chi connectivity index (χ3n) is 5.51. The number of benzene rings is 4. The minimum Gasteiger partial charge on any atom is -0.461 e. The molecule has 0 saturated carbocycles. The van der Waals surface area contributed by atoms with Crippen LogP contribution in [0.1, 0.15) is 18.4 Å². The molecule has 0 heterocycles. The highest BCUT2D eigenvalue weighted by molar-refractivity contribution is 6.10. The van der Waals surface area contributed by atoms with Crippen molar-refractivity contribution in [3.05, 3.63) is 90.5 Å². The fourth-order valence-electron chi connectivity index (χ4n) is 3.83. The Kier molecular flexibility index (Phi) is 7.90. The van der Waals surface area contributed by atoms with Gasteiger partial charge in [0.1, 0.15) is 6.61 Å². The van der Waals surface area contributed by atoms with Gasteiger partial charge in [-0.15, -0.1) is 0 Å². The fraction of sp³-hybridized carbons (Fsp3) is 0.250. The molecule has 0 amide bonds. The van der Waals surface area contributed by atoms with Gasteiger partial charge in [-0.25, -0.2) is 0 Å². The molecule has 0 bridgehead atoms. The van der Waals surface area contributed by atoms with Gasteiger partial charge in [-0.1, -0.05) is 78.9 Å². The van der Waals surface area contributed by atoms with E-state index < -0.39 is 6.10 Å². The number of rotatable bonds is 11. The number of ether oxygens (including phenoxy) is 2. The van der Waals surface area contributed by atoms with E-state index >= 15 is 0 Å². The number of hydrogen-bond acceptors (Lipinski definition) is 5. The molecule has 0 radical (unpaired) electrons. The maximum absolute atomic E-state index is 11.8. The highest BCUT2D eigenvalue weighted by Crippen LogP contribution is 2.32. The van der Waals surface area contributed by atoms with Crippen LogP contribution in [0.15, 0.2) is 84.9 Å². The van der Waals surface area contributed by atoms with Crippen LogP contribution in [0.25, 0.3) is 21.5 Å². The predicted octanol–water partition coefficient (Wildman–Crippen LogP) is 5.31. The summed E-state index contributed by atoms with van der Waals surface area (Å²) in [4.78, 5) is 11.8. The third-order valence-corrected chi connectivity index (χ3v) is 5.51. The summed E-state index contributed by atoms with van der Waals surface area (Å²) in [5, 5.41) is 18.4. The Morgan fingerprint density at radius 1 is 0.879 bits per heavy atom. The monoisotopic (exact) mass is 443 g/mol. The van der Waals surface area contributed by atoms with E-state index in [1.54, 1.807) is 0 Å². The number of anilines is 1. The Labute approximate surface area is 194 Å². The Hall–Kier alpha value is -3.41. The van der Waals surface area contributed by atoms with Crippen LogP contribution in [-0.2, 0) is 20.9 Å². The summed E-state index contributed by atoms with van der Waals surface area (Å²) in [6, 6.07) is 28.3. The lowest BCUT2D eigenvalue weighted by molar-refractivity contribution is -0.145. The molecule has 0 aliphatic rings. The molecule has 5 heteroatoms. The number of esters is 1. The van der Waals surface area contributed by atoms with E-state index in [9.17, 15) is 9.90 Å². The van der Waals surface area contributed by atoms with Crippen molar-refractivity contribution in [2.24, 2.45) is 0 Å². The van der Waals surface area contributed by atoms with Crippen LogP contribution in [0, 0.1) is 0 Å². The molecule has 4 rings (SSSR count). The average Bonchev–Trinajstić information content (AvgIpc) is 2.85. The van der Waals surface area contributed by atoms with Crippen molar-refractivity contribution in [1.82, 2.24) is 0 Å². The van der Waals surface area contributed by atoms with E-state index in [1.807, 2.05) is 54.6 Å². The van der Waals surface area contributed by atoms with Gasteiger partial charge in [-0.05, 0) is 28.8 Å². The molecule has 1 unspecified atom stereocenters. The van der Waals surface area contributed by atoms with Crippen LogP contribution in [0.4, 0.5) is 5.69 Å². The van der Waals surface area contributed by atoms with Crippen molar-refractivity contribution in [3.8, 4) is 0 Å². The molecule has 4 aromatic carbocycles. The zero-order chi connectivity index (χ0) is 22.9. The topological polar surface area (TPSA) is 67.8 Å². The molecule has 0 spiro atoms. The summed E-state index contributed by atoms with van der Waals surface area (Å²) in [6.07, 6.45) is 0.193. The molecule has 0 aliphatic carbocycles. The van der Waals surface area contributed by atoms with Crippen LogP contribution in [-0.4, -0.2) is 36.9 Å². The van der Waals surface area contributed by atoms with E-state index in [0.29, 0.717) is 26.0 Å². The number of carbonyl (C=O) groups excluding carboxylic acids is 1. The van der Waals surface area contributed by atoms with Gasteiger partial charge in [-0.3, -0.25) is 4.79 Å². The van der Waals surface area contributed by atoms with Crippen LogP contribution >= 0.6 is 0 Å². The Morgan fingerprint density at radius 2 is 1.52 bits per heavy atom. The number of fused-ring (bicyclic) bond motifs is 2. The van der Waals surface area contributed by atoms with Gasteiger partial charge in [0.15, 0.2) is 0 Å². The average molecular weight is 444 g/mol. The summed E-state index contributed by atoms with van der Waals surface area (Å²) in [5.74, 6) is -0.243. The van der Waals surface area contributed by atoms with Crippen LogP contribution in [0.5, 0.6) is 0 Å². The number of aliphatic hydroxyl groups is 1. The smallest absolute Gasteiger partial charge is 0.306 e. The highest BCUT2D eigenvalue weighted by Gasteiger charge is 2.10. The Morgan fingerprint density at radius 3 is 2.21 bits per heavy atom. The minimum atomic E-state index is -0.659. The summed E-state index contributed by atoms with van der Waals surface area (Å²) in [6.45, 7) is 1.26. The van der Waals surface area contributed by atoms with Crippen molar-refractivity contribution in [3.63, 3.8) is 0 Å². The summed E-state index contributed by atoms with van der Waals surface area (Å²) in [7, 11) is 0. The lowest BCUT2D eigenvalue weighted by Gasteiger charge is -2.17. The van der Waals surface area contributed by atoms with Gasteiger partial charge in [0.25, 0.3) is 0 Å². The Balaban J connectivity index is 1.20. The summed E-state index contributed by atoms with van der Waals surface area (Å²) in [5.41, 5.74) is 1.99. The third kappa shape index (κ3) is 6.31. The molecule has 0 aromatic heterocycles. The number of hydrogen-bond donors (Lipinski definition) is 2. The second kappa shape index (κ2) is 11.5. The van der Waals surface area contributed by atoms with Gasteiger partial charge in [0.2, 0.25) is 0 Å². The minimum absolute atomic E-state index is 0.203. The number of nitrogens with one attached hydrogen (secondary N) is 1. The zero-order valence-electron chi connectivity index (χ0n) is 18.6. The number of aliphatic hydroxyl groups excluding tert-OH is 1. The first kappa shape index (κ1) is 22.8. The maximum Gasteiger partial charge on any atom is 0.306 e. The van der Waals surface area contributed by atoms with Crippen molar-refractivity contribution < 1.29 is 19.4 Å². The molecule has 33 heavy (non-hydrogen) atoms. The first-order valence-electron chi connectivity index (χ1n) is 11.3. The highest BCUT2D eigenvalue weighted by atomic mass is 16.5. The molecule has 0 fully saturated rings. The maximum atomic E-state index is 11.8. The van der Waals surface area contributed by atoms with Crippen molar-refractivity contribution in [2.75, 3.05) is 25.1 Å². The zero-order valence-corrected chi connectivity index (χ0v) is 18.6. The van der Waals surface area contributed by atoms with Crippen molar-refractivity contribution in [1.29, 1.82) is 0 Å². The summed E-state index contributed by atoms with van der Waals surface area (Å²) >= 11 is 0. The molecule has 170 valence electrons. The quantitative estimate of drug-likeness (QED) is 0.187. The molecule has 0 saturated heterocycles. The predicted molar refractivity (Wildman–Crippen MR) is 132 cm³/mol. The van der Waals surface area contributed by atoms with Crippen LogP contribution in [0.2, 0.25) is 0 Å². The first-order valence-corrected chi connectivity index (χ1v) is 11.3. The SMILES string of the molecule is O=C(CCCOCC(O)CNc1c2ccccc2cc2ccccc12)OCc1ccccc1. The molecule has 5 nitrogen and oxygen atoms in total. The van der Waals surface area contributed by atoms with Gasteiger partial charge < -0.3 is 19.9 Å². The largest absolute Gasteiger partial charge is 0.461 e. The molecule has 1 atom stereocenters. The second-order valence-corrected chi connectivity index (χ2v) is 8.05. The van der Waals surface area contributed by atoms with Crippen molar-refractivity contribution in [2.45, 2.75) is 25.6 Å². The van der Waals surface area contributed by atoms with Crippen LogP contribution < -0.4 is 5.32 Å². The molecule has 2 N–H and O–H groups in total. The van der Waals surface area contributed by atoms with Gasteiger partial charge in [-0.2, -0.15) is 0 Å². The lowest BCUT2D eigenvalue weighted by Crippen LogP contribution is -2.25. The normalized spacial score (nSPS) is 12.0. The second-order valence-electron chi connectivity index (χ2n) is 8.05. The molecule has 4 aromatic rings. The van der Waals surface area contributed by atoms with Crippen LogP contribution in [0.3, 0.4) is 0 Å². The van der Waals surface area contributed by atoms with Crippen molar-refractivity contribution >= 4 is 33.2 Å². The van der Waals surface area contributed by atoms with Gasteiger partial charge in [0.05, 0.1) is 12.7 Å². The van der Waals surface area contributed by atoms with E-state index in [-0.39, 0.29) is 19.2 Å².